The topological polar surface area (TPSA) is 50.2 Å². The zero-order chi connectivity index (χ0) is 12.0. The maximum absolute atomic E-state index is 12.1. The molecule has 0 amide bonds. The second-order valence-corrected chi connectivity index (χ2v) is 4.24. The number of pyridine rings is 1. The van der Waals surface area contributed by atoms with E-state index in [2.05, 4.69) is 4.98 Å². The molecule has 3 rings (SSSR count). The fourth-order valence-corrected chi connectivity index (χ4v) is 2.17. The summed E-state index contributed by atoms with van der Waals surface area (Å²) in [6.07, 6.45) is 0. The molecule has 1 aromatic heterocycles. The van der Waals surface area contributed by atoms with Gasteiger partial charge in [0.15, 0.2) is 5.78 Å². The lowest BCUT2D eigenvalue weighted by molar-refractivity contribution is 0.104. The van der Waals surface area contributed by atoms with E-state index in [9.17, 15) is 4.79 Å². The van der Waals surface area contributed by atoms with Crippen molar-refractivity contribution in [3.63, 3.8) is 0 Å². The van der Waals surface area contributed by atoms with Crippen molar-refractivity contribution < 1.29 is 9.90 Å². The Hall–Kier alpha value is -2.00. The van der Waals surface area contributed by atoms with Crippen LogP contribution in [-0.4, -0.2) is 15.9 Å². The van der Waals surface area contributed by atoms with Gasteiger partial charge in [0.1, 0.15) is 0 Å². The fourth-order valence-electron chi connectivity index (χ4n) is 2.17. The number of ketones is 1. The Morgan fingerprint density at radius 1 is 1.12 bits per heavy atom. The van der Waals surface area contributed by atoms with Crippen molar-refractivity contribution in [2.45, 2.75) is 13.5 Å². The summed E-state index contributed by atoms with van der Waals surface area (Å²) in [5.74, 6) is 0.0238. The predicted molar refractivity (Wildman–Crippen MR) is 63.8 cm³/mol. The highest BCUT2D eigenvalue weighted by molar-refractivity contribution is 6.21. The number of aliphatic hydroxyl groups is 1. The zero-order valence-electron chi connectivity index (χ0n) is 9.40. The van der Waals surface area contributed by atoms with Gasteiger partial charge >= 0.3 is 0 Å². The number of hydrogen-bond donors (Lipinski definition) is 1. The number of hydrogen-bond acceptors (Lipinski definition) is 3. The standard InChI is InChI=1S/C14H11NO2/c1-8-2-4-10-12(6-8)14(17)11-5-3-9(7-16)15-13(10)11/h2-6,16H,7H2,1H3. The van der Waals surface area contributed by atoms with Crippen molar-refractivity contribution >= 4 is 5.78 Å². The molecule has 1 aliphatic rings. The Morgan fingerprint density at radius 2 is 1.88 bits per heavy atom. The fraction of sp³-hybridized carbons (Fsp3) is 0.143. The first-order valence-electron chi connectivity index (χ1n) is 5.47. The van der Waals surface area contributed by atoms with Crippen LogP contribution in [-0.2, 0) is 6.61 Å². The maximum Gasteiger partial charge on any atom is 0.195 e. The molecule has 0 aliphatic heterocycles. The molecule has 3 heteroatoms. The summed E-state index contributed by atoms with van der Waals surface area (Å²) >= 11 is 0. The molecule has 1 N–H and O–H groups in total. The number of carbonyl (C=O) groups excluding carboxylic acids is 1. The minimum absolute atomic E-state index is 0.0238. The van der Waals surface area contributed by atoms with E-state index in [1.807, 2.05) is 25.1 Å². The highest BCUT2D eigenvalue weighted by Crippen LogP contribution is 2.35. The molecule has 0 bridgehead atoms. The lowest BCUT2D eigenvalue weighted by atomic mass is 10.1. The molecule has 0 saturated carbocycles. The summed E-state index contributed by atoms with van der Waals surface area (Å²) < 4.78 is 0. The molecular weight excluding hydrogens is 214 g/mol. The van der Waals surface area contributed by atoms with Crippen LogP contribution >= 0.6 is 0 Å². The van der Waals surface area contributed by atoms with E-state index in [0.717, 1.165) is 11.1 Å². The highest BCUT2D eigenvalue weighted by atomic mass is 16.3. The monoisotopic (exact) mass is 225 g/mol. The van der Waals surface area contributed by atoms with Crippen LogP contribution in [0.15, 0.2) is 30.3 Å². The summed E-state index contributed by atoms with van der Waals surface area (Å²) in [6, 6.07) is 9.20. The summed E-state index contributed by atoms with van der Waals surface area (Å²) in [7, 11) is 0. The molecule has 1 aromatic carbocycles. The van der Waals surface area contributed by atoms with E-state index in [1.54, 1.807) is 12.1 Å². The summed E-state index contributed by atoms with van der Waals surface area (Å²) in [4.78, 5) is 16.5. The van der Waals surface area contributed by atoms with Crippen LogP contribution in [0.5, 0.6) is 0 Å². The van der Waals surface area contributed by atoms with Gasteiger partial charge < -0.3 is 5.11 Å². The number of benzene rings is 1. The molecule has 17 heavy (non-hydrogen) atoms. The molecule has 0 spiro atoms. The van der Waals surface area contributed by atoms with E-state index in [-0.39, 0.29) is 12.4 Å². The van der Waals surface area contributed by atoms with Crippen LogP contribution < -0.4 is 0 Å². The molecule has 2 aromatic rings. The number of aromatic nitrogens is 1. The smallest absolute Gasteiger partial charge is 0.195 e. The molecule has 3 nitrogen and oxygen atoms in total. The Kier molecular flexibility index (Phi) is 2.09. The number of rotatable bonds is 1. The largest absolute Gasteiger partial charge is 0.390 e. The second-order valence-electron chi connectivity index (χ2n) is 4.24. The lowest BCUT2D eigenvalue weighted by Gasteiger charge is -2.01. The van der Waals surface area contributed by atoms with E-state index in [4.69, 9.17) is 5.11 Å². The predicted octanol–water partition coefficient (Wildman–Crippen LogP) is 2.09. The molecule has 0 unspecified atom stereocenters. The molecule has 0 radical (unpaired) electrons. The molecule has 0 fully saturated rings. The third kappa shape index (κ3) is 1.40. The van der Waals surface area contributed by atoms with Crippen molar-refractivity contribution in [1.82, 2.24) is 4.98 Å². The van der Waals surface area contributed by atoms with Gasteiger partial charge in [0, 0.05) is 16.7 Å². The van der Waals surface area contributed by atoms with Crippen LogP contribution in [0, 0.1) is 6.92 Å². The van der Waals surface area contributed by atoms with Crippen molar-refractivity contribution in [2.24, 2.45) is 0 Å². The van der Waals surface area contributed by atoms with Gasteiger partial charge in [-0.3, -0.25) is 4.79 Å². The molecule has 84 valence electrons. The number of nitrogens with zero attached hydrogens (tertiary/aromatic N) is 1. The maximum atomic E-state index is 12.1. The quantitative estimate of drug-likeness (QED) is 0.690. The lowest BCUT2D eigenvalue weighted by Crippen LogP contribution is -1.97. The van der Waals surface area contributed by atoms with Gasteiger partial charge in [-0.1, -0.05) is 17.7 Å². The van der Waals surface area contributed by atoms with E-state index in [0.29, 0.717) is 22.5 Å². The van der Waals surface area contributed by atoms with E-state index in [1.165, 1.54) is 0 Å². The average molecular weight is 225 g/mol. The van der Waals surface area contributed by atoms with Gasteiger partial charge in [0.05, 0.1) is 18.0 Å². The van der Waals surface area contributed by atoms with Crippen molar-refractivity contribution in [2.75, 3.05) is 0 Å². The first-order chi connectivity index (χ1) is 8.20. The highest BCUT2D eigenvalue weighted by Gasteiger charge is 2.27. The second kappa shape index (κ2) is 3.50. The van der Waals surface area contributed by atoms with Gasteiger partial charge in [-0.2, -0.15) is 0 Å². The van der Waals surface area contributed by atoms with Crippen LogP contribution in [0.25, 0.3) is 11.3 Å². The molecule has 1 aliphatic carbocycles. The minimum Gasteiger partial charge on any atom is -0.390 e. The van der Waals surface area contributed by atoms with Crippen molar-refractivity contribution in [3.8, 4) is 11.3 Å². The SMILES string of the molecule is Cc1ccc2c(c1)C(=O)c1ccc(CO)nc1-2. The van der Waals surface area contributed by atoms with Crippen molar-refractivity contribution in [3.05, 3.63) is 52.7 Å². The first kappa shape index (κ1) is 10.2. The van der Waals surface area contributed by atoms with Gasteiger partial charge in [-0.15, -0.1) is 0 Å². The Bertz CT molecular complexity index is 632. The van der Waals surface area contributed by atoms with Crippen LogP contribution in [0.4, 0.5) is 0 Å². The molecule has 0 saturated heterocycles. The summed E-state index contributed by atoms with van der Waals surface area (Å²) in [6.45, 7) is 1.85. The summed E-state index contributed by atoms with van der Waals surface area (Å²) in [5, 5.41) is 9.08. The Labute approximate surface area is 98.8 Å². The molecular formula is C14H11NO2. The van der Waals surface area contributed by atoms with Gasteiger partial charge in [0.25, 0.3) is 0 Å². The number of carbonyl (C=O) groups is 1. The Balaban J connectivity index is 2.29. The normalized spacial score (nSPS) is 12.5. The molecule has 1 heterocycles. The average Bonchev–Trinajstić information content (AvgIpc) is 2.62. The van der Waals surface area contributed by atoms with E-state index >= 15 is 0 Å². The van der Waals surface area contributed by atoms with E-state index < -0.39 is 0 Å². The molecule has 0 atom stereocenters. The van der Waals surface area contributed by atoms with Crippen LogP contribution in [0.2, 0.25) is 0 Å². The number of aliphatic hydroxyl groups excluding tert-OH is 1. The minimum atomic E-state index is -0.108. The third-order valence-corrected chi connectivity index (χ3v) is 3.03. The van der Waals surface area contributed by atoms with Crippen molar-refractivity contribution in [1.29, 1.82) is 0 Å². The zero-order valence-corrected chi connectivity index (χ0v) is 9.40. The summed E-state index contributed by atoms with van der Waals surface area (Å²) in [5.41, 5.74) is 4.55. The van der Waals surface area contributed by atoms with Gasteiger partial charge in [-0.05, 0) is 25.1 Å². The number of aryl methyl sites for hydroxylation is 1. The van der Waals surface area contributed by atoms with Gasteiger partial charge in [-0.25, -0.2) is 4.98 Å². The first-order valence-corrected chi connectivity index (χ1v) is 5.47. The van der Waals surface area contributed by atoms with Gasteiger partial charge in [0.2, 0.25) is 0 Å². The Morgan fingerprint density at radius 3 is 2.65 bits per heavy atom. The van der Waals surface area contributed by atoms with Crippen LogP contribution in [0.3, 0.4) is 0 Å². The number of fused-ring (bicyclic) bond motifs is 3. The third-order valence-electron chi connectivity index (χ3n) is 3.03. The van der Waals surface area contributed by atoms with Crippen LogP contribution in [0.1, 0.15) is 27.2 Å².